The van der Waals surface area contributed by atoms with Crippen molar-refractivity contribution in [2.24, 2.45) is 5.92 Å². The normalized spacial score (nSPS) is 22.9. The molecule has 1 fully saturated rings. The lowest BCUT2D eigenvalue weighted by molar-refractivity contribution is -0.00658. The summed E-state index contributed by atoms with van der Waals surface area (Å²) in [7, 11) is 0. The Labute approximate surface area is 147 Å². The van der Waals surface area contributed by atoms with Crippen molar-refractivity contribution in [2.75, 3.05) is 5.73 Å². The Kier molecular flexibility index (Phi) is 4.95. The summed E-state index contributed by atoms with van der Waals surface area (Å²) in [6.07, 6.45) is 4.37. The molecule has 25 heavy (non-hydrogen) atoms. The number of hydrogen-bond donors (Lipinski definition) is 4. The van der Waals surface area contributed by atoms with Gasteiger partial charge in [-0.1, -0.05) is 0 Å². The maximum Gasteiger partial charge on any atom is 0.146 e. The van der Waals surface area contributed by atoms with E-state index in [1.54, 1.807) is 12.3 Å². The number of nitrogens with two attached hydrogens (primary N) is 1. The predicted octanol–water partition coefficient (Wildman–Crippen LogP) is 2.87. The van der Waals surface area contributed by atoms with Gasteiger partial charge >= 0.3 is 0 Å². The lowest BCUT2D eigenvalue weighted by atomic mass is 9.77. The lowest BCUT2D eigenvalue weighted by Gasteiger charge is -2.36. The quantitative estimate of drug-likeness (QED) is 0.504. The van der Waals surface area contributed by atoms with Gasteiger partial charge in [-0.25, -0.2) is 4.39 Å². The van der Waals surface area contributed by atoms with E-state index in [1.165, 1.54) is 12.1 Å². The molecule has 1 aromatic heterocycles. The Morgan fingerprint density at radius 2 is 1.92 bits per heavy atom. The molecule has 1 atom stereocenters. The molecule has 5 N–H and O–H groups in total. The lowest BCUT2D eigenvalue weighted by Crippen LogP contribution is -2.40. The fraction of sp³-hybridized carbons (Fsp3) is 0.526. The smallest absolute Gasteiger partial charge is 0.146 e. The molecule has 1 unspecified atom stereocenters. The molecule has 2 aromatic rings. The van der Waals surface area contributed by atoms with Crippen LogP contribution in [-0.4, -0.2) is 26.8 Å². The van der Waals surface area contributed by atoms with Crippen molar-refractivity contribution < 1.29 is 14.6 Å². The number of nitrogen functional groups attached to an aromatic ring is 1. The first-order valence-electron chi connectivity index (χ1n) is 8.75. The Hall–Kier alpha value is -1.76. The van der Waals surface area contributed by atoms with Crippen molar-refractivity contribution in [3.05, 3.63) is 35.8 Å². The second-order valence-corrected chi connectivity index (χ2v) is 7.61. The molecular formula is C19H26FN3O2. The number of anilines is 1. The van der Waals surface area contributed by atoms with Crippen molar-refractivity contribution in [1.82, 2.24) is 10.3 Å². The number of aromatic nitrogens is 1. The van der Waals surface area contributed by atoms with Crippen LogP contribution in [0.5, 0.6) is 0 Å². The maximum atomic E-state index is 13.6. The van der Waals surface area contributed by atoms with Gasteiger partial charge in [0.1, 0.15) is 12.0 Å². The maximum absolute atomic E-state index is 13.6. The molecule has 0 aliphatic heterocycles. The van der Waals surface area contributed by atoms with Crippen LogP contribution in [0.2, 0.25) is 0 Å². The van der Waals surface area contributed by atoms with Crippen LogP contribution in [0.1, 0.15) is 51.3 Å². The largest absolute Gasteiger partial charge is 0.396 e. The summed E-state index contributed by atoms with van der Waals surface area (Å²) in [6.45, 7) is 3.71. The van der Waals surface area contributed by atoms with Gasteiger partial charge in [0.15, 0.2) is 0 Å². The van der Waals surface area contributed by atoms with E-state index in [9.17, 15) is 14.6 Å². The van der Waals surface area contributed by atoms with E-state index in [2.05, 4.69) is 10.3 Å². The highest BCUT2D eigenvalue weighted by atomic mass is 19.1. The average Bonchev–Trinajstić information content (AvgIpc) is 2.55. The van der Waals surface area contributed by atoms with Gasteiger partial charge in [0.25, 0.3) is 0 Å². The SMILES string of the molecule is CC(C)(O)[C@H]1CC[C@H](NC(O)c2cnc3cc(N)c(F)cc3c2)CC1. The third kappa shape index (κ3) is 4.08. The Morgan fingerprint density at radius 1 is 1.24 bits per heavy atom. The molecule has 1 aliphatic rings. The molecule has 0 spiro atoms. The number of benzene rings is 1. The van der Waals surface area contributed by atoms with Crippen LogP contribution in [0, 0.1) is 11.7 Å². The van der Waals surface area contributed by atoms with Crippen LogP contribution in [0.4, 0.5) is 10.1 Å². The van der Waals surface area contributed by atoms with Gasteiger partial charge in [-0.3, -0.25) is 10.3 Å². The van der Waals surface area contributed by atoms with Gasteiger partial charge in [0, 0.05) is 23.2 Å². The second kappa shape index (κ2) is 6.86. The fourth-order valence-corrected chi connectivity index (χ4v) is 3.62. The monoisotopic (exact) mass is 347 g/mol. The number of nitrogens with zero attached hydrogens (tertiary/aromatic N) is 1. The average molecular weight is 347 g/mol. The van der Waals surface area contributed by atoms with E-state index in [1.807, 2.05) is 13.8 Å². The molecule has 0 bridgehead atoms. The minimum absolute atomic E-state index is 0.0648. The van der Waals surface area contributed by atoms with Crippen molar-refractivity contribution in [3.8, 4) is 0 Å². The summed E-state index contributed by atoms with van der Waals surface area (Å²) >= 11 is 0. The third-order valence-corrected chi connectivity index (χ3v) is 5.26. The topological polar surface area (TPSA) is 91.4 Å². The van der Waals surface area contributed by atoms with E-state index in [0.717, 1.165) is 25.7 Å². The Morgan fingerprint density at radius 3 is 2.56 bits per heavy atom. The van der Waals surface area contributed by atoms with Gasteiger partial charge in [-0.15, -0.1) is 0 Å². The molecule has 1 heterocycles. The highest BCUT2D eigenvalue weighted by Crippen LogP contribution is 2.33. The van der Waals surface area contributed by atoms with Crippen LogP contribution >= 0.6 is 0 Å². The van der Waals surface area contributed by atoms with Crippen molar-refractivity contribution in [1.29, 1.82) is 0 Å². The number of halogens is 1. The van der Waals surface area contributed by atoms with Crippen molar-refractivity contribution in [3.63, 3.8) is 0 Å². The van der Waals surface area contributed by atoms with Crippen LogP contribution in [-0.2, 0) is 0 Å². The zero-order valence-electron chi connectivity index (χ0n) is 14.7. The zero-order chi connectivity index (χ0) is 18.2. The molecule has 3 rings (SSSR count). The predicted molar refractivity (Wildman–Crippen MR) is 96.3 cm³/mol. The summed E-state index contributed by atoms with van der Waals surface area (Å²) in [6, 6.07) is 4.74. The highest BCUT2D eigenvalue weighted by Gasteiger charge is 2.31. The van der Waals surface area contributed by atoms with Gasteiger partial charge in [0.05, 0.1) is 16.8 Å². The van der Waals surface area contributed by atoms with Crippen molar-refractivity contribution >= 4 is 16.6 Å². The molecule has 0 saturated heterocycles. The molecule has 0 amide bonds. The highest BCUT2D eigenvalue weighted by molar-refractivity contribution is 5.82. The minimum Gasteiger partial charge on any atom is -0.396 e. The van der Waals surface area contributed by atoms with Gasteiger partial charge in [-0.05, 0) is 63.6 Å². The summed E-state index contributed by atoms with van der Waals surface area (Å²) in [5.41, 5.74) is 6.16. The number of pyridine rings is 1. The number of nitrogens with one attached hydrogen (secondary N) is 1. The molecule has 1 aromatic carbocycles. The summed E-state index contributed by atoms with van der Waals surface area (Å²) in [5, 5.41) is 24.4. The van der Waals surface area contributed by atoms with Crippen LogP contribution < -0.4 is 11.1 Å². The number of aliphatic hydroxyl groups excluding tert-OH is 1. The molecule has 1 saturated carbocycles. The van der Waals surface area contributed by atoms with E-state index in [4.69, 9.17) is 5.73 Å². The van der Waals surface area contributed by atoms with Crippen LogP contribution in [0.25, 0.3) is 10.9 Å². The number of fused-ring (bicyclic) bond motifs is 1. The first kappa shape index (κ1) is 18.0. The third-order valence-electron chi connectivity index (χ3n) is 5.26. The molecule has 136 valence electrons. The van der Waals surface area contributed by atoms with Crippen molar-refractivity contribution in [2.45, 2.75) is 57.4 Å². The van der Waals surface area contributed by atoms with Gasteiger partial charge in [0.2, 0.25) is 0 Å². The number of aliphatic hydroxyl groups is 2. The molecule has 0 radical (unpaired) electrons. The standard InChI is InChI=1S/C19H26FN3O2/c1-19(2,25)13-3-5-14(6-4-13)23-18(24)12-7-11-8-15(20)16(21)9-17(11)22-10-12/h7-10,13-14,18,23-25H,3-6,21H2,1-2H3/t13-,14-,18?. The number of hydrogen-bond acceptors (Lipinski definition) is 5. The first-order chi connectivity index (χ1) is 11.7. The van der Waals surface area contributed by atoms with E-state index in [0.29, 0.717) is 22.4 Å². The van der Waals surface area contributed by atoms with Gasteiger partial charge in [-0.2, -0.15) is 0 Å². The zero-order valence-corrected chi connectivity index (χ0v) is 14.7. The van der Waals surface area contributed by atoms with Gasteiger partial charge < -0.3 is 15.9 Å². The van der Waals surface area contributed by atoms with E-state index >= 15 is 0 Å². The minimum atomic E-state index is -0.860. The number of rotatable bonds is 4. The molecular weight excluding hydrogens is 321 g/mol. The summed E-state index contributed by atoms with van der Waals surface area (Å²) < 4.78 is 13.6. The summed E-state index contributed by atoms with van der Waals surface area (Å²) in [5.74, 6) is -0.197. The van der Waals surface area contributed by atoms with E-state index < -0.39 is 17.6 Å². The van der Waals surface area contributed by atoms with Crippen LogP contribution in [0.15, 0.2) is 24.4 Å². The molecule has 6 heteroatoms. The molecule has 5 nitrogen and oxygen atoms in total. The van der Waals surface area contributed by atoms with Crippen LogP contribution in [0.3, 0.4) is 0 Å². The second-order valence-electron chi connectivity index (χ2n) is 7.61. The Balaban J connectivity index is 1.67. The van der Waals surface area contributed by atoms with E-state index in [-0.39, 0.29) is 11.7 Å². The molecule has 1 aliphatic carbocycles. The Bertz CT molecular complexity index is 752. The summed E-state index contributed by atoms with van der Waals surface area (Å²) in [4.78, 5) is 4.26. The fourth-order valence-electron chi connectivity index (χ4n) is 3.62. The first-order valence-corrected chi connectivity index (χ1v) is 8.75.